The third-order valence-electron chi connectivity index (χ3n) is 4.51. The maximum Gasteiger partial charge on any atom is 0.322 e. The van der Waals surface area contributed by atoms with E-state index in [-0.39, 0.29) is 11.9 Å². The number of para-hydroxylation sites is 2. The summed E-state index contributed by atoms with van der Waals surface area (Å²) < 4.78 is 0. The van der Waals surface area contributed by atoms with Crippen LogP contribution in [0.4, 0.5) is 16.2 Å². The van der Waals surface area contributed by atoms with E-state index in [1.807, 2.05) is 54.6 Å². The molecule has 0 atom stereocenters. The standard InChI is InChI=1S/C21H25N3O2/c1-2-14-23(16-17-9-4-3-5-10-17)21(26)22-18-11-6-7-12-19(18)24-15-8-13-20(24)25/h3-7,9-12H,2,8,13-16H2,1H3,(H,22,26). The second-order valence-corrected chi connectivity index (χ2v) is 6.50. The minimum Gasteiger partial charge on any atom is -0.320 e. The van der Waals surface area contributed by atoms with Crippen LogP contribution in [0.15, 0.2) is 54.6 Å². The van der Waals surface area contributed by atoms with Gasteiger partial charge in [0.2, 0.25) is 5.91 Å². The molecule has 1 fully saturated rings. The highest BCUT2D eigenvalue weighted by atomic mass is 16.2. The normalized spacial score (nSPS) is 13.7. The van der Waals surface area contributed by atoms with E-state index in [2.05, 4.69) is 12.2 Å². The van der Waals surface area contributed by atoms with E-state index >= 15 is 0 Å². The number of nitrogens with one attached hydrogen (secondary N) is 1. The molecule has 1 N–H and O–H groups in total. The molecule has 0 saturated carbocycles. The van der Waals surface area contributed by atoms with Gasteiger partial charge in [0.25, 0.3) is 0 Å². The molecule has 0 aliphatic carbocycles. The number of benzene rings is 2. The number of urea groups is 1. The van der Waals surface area contributed by atoms with E-state index in [0.717, 1.165) is 24.1 Å². The van der Waals surface area contributed by atoms with Crippen molar-refractivity contribution in [1.82, 2.24) is 4.90 Å². The highest BCUT2D eigenvalue weighted by molar-refractivity contribution is 6.01. The van der Waals surface area contributed by atoms with Gasteiger partial charge in [-0.15, -0.1) is 0 Å². The topological polar surface area (TPSA) is 52.7 Å². The first-order valence-corrected chi connectivity index (χ1v) is 9.18. The number of anilines is 2. The Hall–Kier alpha value is -2.82. The number of carbonyl (C=O) groups excluding carboxylic acids is 2. The Morgan fingerprint density at radius 1 is 1.12 bits per heavy atom. The fourth-order valence-corrected chi connectivity index (χ4v) is 3.24. The smallest absolute Gasteiger partial charge is 0.320 e. The molecular formula is C21H25N3O2. The van der Waals surface area contributed by atoms with Crippen LogP contribution in [0.2, 0.25) is 0 Å². The Labute approximate surface area is 154 Å². The van der Waals surface area contributed by atoms with Crippen LogP contribution in [0.25, 0.3) is 0 Å². The third kappa shape index (κ3) is 4.23. The monoisotopic (exact) mass is 351 g/mol. The lowest BCUT2D eigenvalue weighted by Gasteiger charge is -2.25. The van der Waals surface area contributed by atoms with Crippen LogP contribution in [0.3, 0.4) is 0 Å². The molecule has 0 unspecified atom stereocenters. The van der Waals surface area contributed by atoms with Gasteiger partial charge in [0.15, 0.2) is 0 Å². The molecule has 1 aliphatic rings. The number of hydrogen-bond donors (Lipinski definition) is 1. The van der Waals surface area contributed by atoms with Crippen LogP contribution >= 0.6 is 0 Å². The Morgan fingerprint density at radius 2 is 1.85 bits per heavy atom. The number of hydrogen-bond acceptors (Lipinski definition) is 2. The summed E-state index contributed by atoms with van der Waals surface area (Å²) >= 11 is 0. The highest BCUT2D eigenvalue weighted by Crippen LogP contribution is 2.29. The molecule has 5 heteroatoms. The van der Waals surface area contributed by atoms with Crippen LogP contribution < -0.4 is 10.2 Å². The second-order valence-electron chi connectivity index (χ2n) is 6.50. The van der Waals surface area contributed by atoms with Crippen molar-refractivity contribution in [2.75, 3.05) is 23.3 Å². The quantitative estimate of drug-likeness (QED) is 0.845. The molecule has 2 aromatic rings. The fourth-order valence-electron chi connectivity index (χ4n) is 3.24. The number of carbonyl (C=O) groups is 2. The summed E-state index contributed by atoms with van der Waals surface area (Å²) in [6.45, 7) is 3.99. The van der Waals surface area contributed by atoms with Crippen molar-refractivity contribution in [2.24, 2.45) is 0 Å². The number of rotatable bonds is 6. The van der Waals surface area contributed by atoms with Crippen molar-refractivity contribution in [3.05, 3.63) is 60.2 Å². The number of amides is 3. The van der Waals surface area contributed by atoms with Gasteiger partial charge >= 0.3 is 6.03 Å². The van der Waals surface area contributed by atoms with Gasteiger partial charge in [0, 0.05) is 26.1 Å². The summed E-state index contributed by atoms with van der Waals surface area (Å²) in [7, 11) is 0. The van der Waals surface area contributed by atoms with Gasteiger partial charge in [-0.3, -0.25) is 4.79 Å². The van der Waals surface area contributed by atoms with Crippen molar-refractivity contribution < 1.29 is 9.59 Å². The van der Waals surface area contributed by atoms with Crippen molar-refractivity contribution in [3.63, 3.8) is 0 Å². The van der Waals surface area contributed by atoms with Crippen LogP contribution in [0.5, 0.6) is 0 Å². The lowest BCUT2D eigenvalue weighted by atomic mass is 10.2. The SMILES string of the molecule is CCCN(Cc1ccccc1)C(=O)Nc1ccccc1N1CCCC1=O. The molecule has 0 aromatic heterocycles. The predicted molar refractivity (Wildman–Crippen MR) is 104 cm³/mol. The van der Waals surface area contributed by atoms with Crippen molar-refractivity contribution in [3.8, 4) is 0 Å². The van der Waals surface area contributed by atoms with E-state index in [1.165, 1.54) is 0 Å². The van der Waals surface area contributed by atoms with Crippen molar-refractivity contribution >= 4 is 23.3 Å². The third-order valence-corrected chi connectivity index (χ3v) is 4.51. The summed E-state index contributed by atoms with van der Waals surface area (Å²) in [5, 5.41) is 3.01. The van der Waals surface area contributed by atoms with E-state index in [0.29, 0.717) is 31.7 Å². The zero-order valence-electron chi connectivity index (χ0n) is 15.1. The summed E-state index contributed by atoms with van der Waals surface area (Å²) in [4.78, 5) is 28.5. The van der Waals surface area contributed by atoms with E-state index in [4.69, 9.17) is 0 Å². The average molecular weight is 351 g/mol. The molecule has 136 valence electrons. The lowest BCUT2D eigenvalue weighted by Crippen LogP contribution is -2.35. The highest BCUT2D eigenvalue weighted by Gasteiger charge is 2.24. The summed E-state index contributed by atoms with van der Waals surface area (Å²) in [6, 6.07) is 17.3. The molecule has 3 rings (SSSR count). The van der Waals surface area contributed by atoms with Crippen molar-refractivity contribution in [2.45, 2.75) is 32.7 Å². The van der Waals surface area contributed by atoms with Crippen LogP contribution in [0, 0.1) is 0 Å². The van der Waals surface area contributed by atoms with Crippen LogP contribution in [-0.4, -0.2) is 29.9 Å². The molecule has 1 saturated heterocycles. The Kier molecular flexibility index (Phi) is 5.89. The maximum atomic E-state index is 12.9. The predicted octanol–water partition coefficient (Wildman–Crippen LogP) is 4.26. The van der Waals surface area contributed by atoms with Gasteiger partial charge in [-0.2, -0.15) is 0 Å². The molecule has 0 bridgehead atoms. The molecule has 0 spiro atoms. The molecule has 0 radical (unpaired) electrons. The lowest BCUT2D eigenvalue weighted by molar-refractivity contribution is -0.117. The zero-order valence-corrected chi connectivity index (χ0v) is 15.1. The van der Waals surface area contributed by atoms with E-state index in [9.17, 15) is 9.59 Å². The molecular weight excluding hydrogens is 326 g/mol. The zero-order chi connectivity index (χ0) is 18.4. The van der Waals surface area contributed by atoms with Gasteiger partial charge < -0.3 is 15.1 Å². The van der Waals surface area contributed by atoms with Gasteiger partial charge in [-0.25, -0.2) is 4.79 Å². The molecule has 5 nitrogen and oxygen atoms in total. The number of nitrogens with zero attached hydrogens (tertiary/aromatic N) is 2. The minimum atomic E-state index is -0.144. The first kappa shape index (κ1) is 18.0. The first-order chi connectivity index (χ1) is 12.7. The second kappa shape index (κ2) is 8.52. The maximum absolute atomic E-state index is 12.9. The van der Waals surface area contributed by atoms with Crippen LogP contribution in [0.1, 0.15) is 31.7 Å². The minimum absolute atomic E-state index is 0.112. The van der Waals surface area contributed by atoms with E-state index in [1.54, 1.807) is 9.80 Å². The largest absolute Gasteiger partial charge is 0.322 e. The summed E-state index contributed by atoms with van der Waals surface area (Å²) in [5.74, 6) is 0.112. The Morgan fingerprint density at radius 3 is 2.54 bits per heavy atom. The molecule has 1 aliphatic heterocycles. The Bertz CT molecular complexity index is 761. The fraction of sp³-hybridized carbons (Fsp3) is 0.333. The van der Waals surface area contributed by atoms with Crippen molar-refractivity contribution in [1.29, 1.82) is 0 Å². The van der Waals surface area contributed by atoms with Gasteiger partial charge in [0.1, 0.15) is 0 Å². The summed E-state index contributed by atoms with van der Waals surface area (Å²) in [6.07, 6.45) is 2.31. The van der Waals surface area contributed by atoms with Gasteiger partial charge in [-0.1, -0.05) is 49.4 Å². The molecule has 2 aromatic carbocycles. The Balaban J connectivity index is 1.76. The summed E-state index contributed by atoms with van der Waals surface area (Å²) in [5.41, 5.74) is 2.56. The molecule has 3 amide bonds. The molecule has 1 heterocycles. The first-order valence-electron chi connectivity index (χ1n) is 9.18. The molecule has 26 heavy (non-hydrogen) atoms. The van der Waals surface area contributed by atoms with E-state index < -0.39 is 0 Å². The van der Waals surface area contributed by atoms with Gasteiger partial charge in [0.05, 0.1) is 11.4 Å². The van der Waals surface area contributed by atoms with Gasteiger partial charge in [-0.05, 0) is 30.5 Å². The van der Waals surface area contributed by atoms with Crippen LogP contribution in [-0.2, 0) is 11.3 Å². The average Bonchev–Trinajstić information content (AvgIpc) is 3.08.